The van der Waals surface area contributed by atoms with Gasteiger partial charge in [0, 0.05) is 31.4 Å². The third-order valence-electron chi connectivity index (χ3n) is 3.71. The Morgan fingerprint density at radius 2 is 2.26 bits per heavy atom. The van der Waals surface area contributed by atoms with E-state index in [2.05, 4.69) is 41.2 Å². The van der Waals surface area contributed by atoms with Crippen LogP contribution in [0.15, 0.2) is 36.7 Å². The van der Waals surface area contributed by atoms with Crippen molar-refractivity contribution < 1.29 is 4.74 Å². The van der Waals surface area contributed by atoms with Crippen molar-refractivity contribution in [1.82, 2.24) is 4.57 Å². The Balaban J connectivity index is 1.65. The van der Waals surface area contributed by atoms with Gasteiger partial charge in [-0.1, -0.05) is 12.1 Å². The van der Waals surface area contributed by atoms with E-state index in [4.69, 9.17) is 10.5 Å². The van der Waals surface area contributed by atoms with Crippen molar-refractivity contribution in [2.75, 3.05) is 6.61 Å². The lowest BCUT2D eigenvalue weighted by molar-refractivity contribution is 0.357. The Morgan fingerprint density at radius 3 is 3.05 bits per heavy atom. The number of nitrogens with two attached hydrogens (primary N) is 1. The monoisotopic (exact) mass is 256 g/mol. The number of rotatable bonds is 4. The molecule has 0 radical (unpaired) electrons. The summed E-state index contributed by atoms with van der Waals surface area (Å²) in [5.41, 5.74) is 9.79. The minimum atomic E-state index is 0.110. The van der Waals surface area contributed by atoms with Crippen LogP contribution in [-0.4, -0.2) is 11.2 Å². The van der Waals surface area contributed by atoms with Crippen LogP contribution in [0.25, 0.3) is 0 Å². The van der Waals surface area contributed by atoms with E-state index in [1.54, 1.807) is 0 Å². The van der Waals surface area contributed by atoms with E-state index < -0.39 is 0 Å². The van der Waals surface area contributed by atoms with E-state index in [-0.39, 0.29) is 6.04 Å². The van der Waals surface area contributed by atoms with Gasteiger partial charge in [0.1, 0.15) is 5.75 Å². The highest BCUT2D eigenvalue weighted by molar-refractivity contribution is 5.39. The zero-order chi connectivity index (χ0) is 13.2. The first kappa shape index (κ1) is 12.3. The maximum Gasteiger partial charge on any atom is 0.122 e. The Morgan fingerprint density at radius 1 is 1.37 bits per heavy atom. The second-order valence-electron chi connectivity index (χ2n) is 5.26. The zero-order valence-corrected chi connectivity index (χ0v) is 11.3. The van der Waals surface area contributed by atoms with Crippen LogP contribution in [-0.2, 0) is 19.4 Å². The van der Waals surface area contributed by atoms with E-state index in [1.165, 1.54) is 16.7 Å². The van der Waals surface area contributed by atoms with Gasteiger partial charge in [0.25, 0.3) is 0 Å². The molecular formula is C16H20N2O. The molecule has 1 aromatic heterocycles. The topological polar surface area (TPSA) is 40.2 Å². The smallest absolute Gasteiger partial charge is 0.122 e. The first-order chi connectivity index (χ1) is 9.22. The summed E-state index contributed by atoms with van der Waals surface area (Å²) in [4.78, 5) is 0. The lowest BCUT2D eigenvalue weighted by atomic mass is 10.1. The largest absolute Gasteiger partial charge is 0.493 e. The highest BCUT2D eigenvalue weighted by Gasteiger charge is 2.11. The zero-order valence-electron chi connectivity index (χ0n) is 11.3. The molecule has 100 valence electrons. The predicted molar refractivity (Wildman–Crippen MR) is 76.4 cm³/mol. The molecule has 2 N–H and O–H groups in total. The van der Waals surface area contributed by atoms with Gasteiger partial charge in [-0.3, -0.25) is 0 Å². The number of hydrogen-bond donors (Lipinski definition) is 1. The van der Waals surface area contributed by atoms with E-state index in [1.807, 2.05) is 6.92 Å². The van der Waals surface area contributed by atoms with Gasteiger partial charge in [-0.05, 0) is 42.2 Å². The standard InChI is InChI=1S/C16H20N2O/c1-12(17)15-5-8-18(11-15)7-4-13-2-3-16-14(10-13)6-9-19-16/h2-3,5,8,10-12H,4,6-7,9,17H2,1H3. The molecule has 1 aliphatic rings. The minimum Gasteiger partial charge on any atom is -0.493 e. The summed E-state index contributed by atoms with van der Waals surface area (Å²) in [5.74, 6) is 1.06. The van der Waals surface area contributed by atoms with Gasteiger partial charge in [0.2, 0.25) is 0 Å². The molecule has 19 heavy (non-hydrogen) atoms. The molecule has 3 rings (SSSR count). The fraction of sp³-hybridized carbons (Fsp3) is 0.375. The average Bonchev–Trinajstić information content (AvgIpc) is 3.04. The van der Waals surface area contributed by atoms with Gasteiger partial charge in [-0.2, -0.15) is 0 Å². The normalized spacial score (nSPS) is 15.1. The molecule has 0 amide bonds. The molecule has 0 saturated carbocycles. The Kier molecular flexibility index (Phi) is 3.30. The summed E-state index contributed by atoms with van der Waals surface area (Å²) in [6.07, 6.45) is 6.33. The first-order valence-corrected chi connectivity index (χ1v) is 6.88. The maximum atomic E-state index is 5.87. The number of aryl methyl sites for hydroxylation is 2. The van der Waals surface area contributed by atoms with Gasteiger partial charge in [0.05, 0.1) is 6.61 Å². The van der Waals surface area contributed by atoms with Crippen molar-refractivity contribution >= 4 is 0 Å². The Labute approximate surface area is 114 Å². The Bertz CT molecular complexity index is 572. The molecule has 3 nitrogen and oxygen atoms in total. The number of hydrogen-bond acceptors (Lipinski definition) is 2. The van der Waals surface area contributed by atoms with Crippen molar-refractivity contribution in [3.05, 3.63) is 53.3 Å². The van der Waals surface area contributed by atoms with Gasteiger partial charge in [-0.25, -0.2) is 0 Å². The van der Waals surface area contributed by atoms with Crippen molar-refractivity contribution in [2.24, 2.45) is 5.73 Å². The molecule has 1 unspecified atom stereocenters. The molecule has 0 saturated heterocycles. The molecule has 0 spiro atoms. The Hall–Kier alpha value is -1.74. The summed E-state index contributed by atoms with van der Waals surface area (Å²) < 4.78 is 7.74. The second-order valence-corrected chi connectivity index (χ2v) is 5.26. The molecule has 0 fully saturated rings. The predicted octanol–water partition coefficient (Wildman–Crippen LogP) is 2.69. The number of nitrogens with zero attached hydrogens (tertiary/aromatic N) is 1. The van der Waals surface area contributed by atoms with Crippen molar-refractivity contribution in [3.63, 3.8) is 0 Å². The van der Waals surface area contributed by atoms with Crippen LogP contribution in [0.2, 0.25) is 0 Å². The van der Waals surface area contributed by atoms with Crippen LogP contribution < -0.4 is 10.5 Å². The summed E-state index contributed by atoms with van der Waals surface area (Å²) in [7, 11) is 0. The van der Waals surface area contributed by atoms with Gasteiger partial charge in [0.15, 0.2) is 0 Å². The third kappa shape index (κ3) is 2.66. The lowest BCUT2D eigenvalue weighted by Gasteiger charge is -2.06. The molecule has 1 aliphatic heterocycles. The number of fused-ring (bicyclic) bond motifs is 1. The maximum absolute atomic E-state index is 5.87. The van der Waals surface area contributed by atoms with Crippen LogP contribution >= 0.6 is 0 Å². The van der Waals surface area contributed by atoms with Crippen LogP contribution in [0, 0.1) is 0 Å². The molecule has 1 atom stereocenters. The van der Waals surface area contributed by atoms with Crippen molar-refractivity contribution in [3.8, 4) is 5.75 Å². The molecular weight excluding hydrogens is 236 g/mol. The highest BCUT2D eigenvalue weighted by Crippen LogP contribution is 2.26. The van der Waals surface area contributed by atoms with Gasteiger partial charge < -0.3 is 15.0 Å². The lowest BCUT2D eigenvalue weighted by Crippen LogP contribution is -2.04. The van der Waals surface area contributed by atoms with E-state index in [9.17, 15) is 0 Å². The fourth-order valence-electron chi connectivity index (χ4n) is 2.52. The summed E-state index contributed by atoms with van der Waals surface area (Å²) in [5, 5.41) is 0. The number of ether oxygens (including phenoxy) is 1. The van der Waals surface area contributed by atoms with E-state index in [0.717, 1.165) is 31.7 Å². The minimum absolute atomic E-state index is 0.110. The van der Waals surface area contributed by atoms with E-state index in [0.29, 0.717) is 0 Å². The second kappa shape index (κ2) is 5.10. The highest BCUT2D eigenvalue weighted by atomic mass is 16.5. The summed E-state index contributed by atoms with van der Waals surface area (Å²) >= 11 is 0. The molecule has 0 aliphatic carbocycles. The average molecular weight is 256 g/mol. The van der Waals surface area contributed by atoms with Gasteiger partial charge in [-0.15, -0.1) is 0 Å². The van der Waals surface area contributed by atoms with Crippen molar-refractivity contribution in [2.45, 2.75) is 32.4 Å². The van der Waals surface area contributed by atoms with Crippen LogP contribution in [0.3, 0.4) is 0 Å². The first-order valence-electron chi connectivity index (χ1n) is 6.88. The molecule has 2 aromatic rings. The summed E-state index contributed by atoms with van der Waals surface area (Å²) in [6.45, 7) is 3.83. The van der Waals surface area contributed by atoms with Gasteiger partial charge >= 0.3 is 0 Å². The van der Waals surface area contributed by atoms with Crippen LogP contribution in [0.1, 0.15) is 29.7 Å². The SMILES string of the molecule is CC(N)c1ccn(CCc2ccc3c(c2)CCO3)c1. The third-order valence-corrected chi connectivity index (χ3v) is 3.71. The van der Waals surface area contributed by atoms with Crippen LogP contribution in [0.4, 0.5) is 0 Å². The molecule has 2 heterocycles. The fourth-order valence-corrected chi connectivity index (χ4v) is 2.52. The number of benzene rings is 1. The quantitative estimate of drug-likeness (QED) is 0.913. The van der Waals surface area contributed by atoms with Crippen molar-refractivity contribution in [1.29, 1.82) is 0 Å². The summed E-state index contributed by atoms with van der Waals surface area (Å²) in [6, 6.07) is 8.75. The molecule has 0 bridgehead atoms. The molecule has 3 heteroatoms. The number of aromatic nitrogens is 1. The van der Waals surface area contributed by atoms with E-state index >= 15 is 0 Å². The van der Waals surface area contributed by atoms with Crippen LogP contribution in [0.5, 0.6) is 5.75 Å². The molecule has 1 aromatic carbocycles.